The van der Waals surface area contributed by atoms with Gasteiger partial charge in [-0.2, -0.15) is 5.10 Å². The first-order chi connectivity index (χ1) is 11.5. The van der Waals surface area contributed by atoms with Gasteiger partial charge in [0, 0.05) is 5.69 Å². The van der Waals surface area contributed by atoms with E-state index in [0.717, 1.165) is 11.3 Å². The fraction of sp³-hybridized carbons (Fsp3) is 0.167. The number of nitrogens with one attached hydrogen (secondary N) is 2. The average molecular weight is 324 g/mol. The van der Waals surface area contributed by atoms with Gasteiger partial charge in [-0.1, -0.05) is 29.4 Å². The maximum absolute atomic E-state index is 12.2. The Kier molecular flexibility index (Phi) is 5.68. The molecule has 0 spiro atoms. The monoisotopic (exact) mass is 324 g/mol. The zero-order valence-electron chi connectivity index (χ0n) is 13.9. The van der Waals surface area contributed by atoms with Crippen LogP contribution < -0.4 is 10.7 Å². The zero-order chi connectivity index (χ0) is 17.5. The summed E-state index contributed by atoms with van der Waals surface area (Å²) < 4.78 is 0. The zero-order valence-corrected chi connectivity index (χ0v) is 13.9. The quantitative estimate of drug-likeness (QED) is 0.446. The molecule has 0 atom stereocenters. The summed E-state index contributed by atoms with van der Waals surface area (Å²) in [6, 6.07) is 14.7. The number of anilines is 2. The van der Waals surface area contributed by atoms with Crippen molar-refractivity contribution in [2.45, 2.75) is 20.8 Å². The minimum absolute atomic E-state index is 0.157. The number of carbonyl (C=O) groups is 1. The number of oxime groups is 1. The van der Waals surface area contributed by atoms with Gasteiger partial charge in [0.15, 0.2) is 5.71 Å². The predicted molar refractivity (Wildman–Crippen MR) is 96.9 cm³/mol. The van der Waals surface area contributed by atoms with E-state index in [-0.39, 0.29) is 11.4 Å². The Morgan fingerprint density at radius 3 is 2.33 bits per heavy atom. The van der Waals surface area contributed by atoms with Crippen molar-refractivity contribution in [2.75, 3.05) is 10.7 Å². The number of benzene rings is 2. The summed E-state index contributed by atoms with van der Waals surface area (Å²) >= 11 is 0. The molecule has 6 nitrogen and oxygen atoms in total. The number of hydrazone groups is 1. The Balaban J connectivity index is 2.08. The van der Waals surface area contributed by atoms with Gasteiger partial charge in [-0.15, -0.1) is 0 Å². The summed E-state index contributed by atoms with van der Waals surface area (Å²) in [6.07, 6.45) is 0. The molecule has 0 bridgehead atoms. The lowest BCUT2D eigenvalue weighted by Crippen LogP contribution is -2.29. The number of carbonyl (C=O) groups excluding carboxylic acids is 1. The van der Waals surface area contributed by atoms with Crippen molar-refractivity contribution in [3.63, 3.8) is 0 Å². The molecular weight excluding hydrogens is 304 g/mol. The van der Waals surface area contributed by atoms with Gasteiger partial charge in [-0.3, -0.25) is 10.2 Å². The number of aryl methyl sites for hydroxylation is 2. The molecular formula is C18H20N4O2. The van der Waals surface area contributed by atoms with Crippen molar-refractivity contribution < 1.29 is 10.0 Å². The van der Waals surface area contributed by atoms with Gasteiger partial charge in [-0.25, -0.2) is 0 Å². The molecule has 3 N–H and O–H groups in total. The van der Waals surface area contributed by atoms with Crippen LogP contribution in [0, 0.1) is 13.8 Å². The second kappa shape index (κ2) is 7.92. The highest BCUT2D eigenvalue weighted by atomic mass is 16.4. The van der Waals surface area contributed by atoms with Crippen LogP contribution in [0.3, 0.4) is 0 Å². The highest BCUT2D eigenvalue weighted by Crippen LogP contribution is 2.14. The second-order valence-corrected chi connectivity index (χ2v) is 5.38. The predicted octanol–water partition coefficient (Wildman–Crippen LogP) is 3.56. The second-order valence-electron chi connectivity index (χ2n) is 5.38. The van der Waals surface area contributed by atoms with E-state index in [9.17, 15) is 4.79 Å². The smallest absolute Gasteiger partial charge is 0.279 e. The van der Waals surface area contributed by atoms with Gasteiger partial charge >= 0.3 is 0 Å². The van der Waals surface area contributed by atoms with Gasteiger partial charge in [0.2, 0.25) is 0 Å². The summed E-state index contributed by atoms with van der Waals surface area (Å²) in [5, 5.41) is 19.0. The molecule has 0 unspecified atom stereocenters. The minimum atomic E-state index is -0.535. The SMILES string of the molecule is CC(=N\Nc1ccc(C)c(C)c1)/C(=N\O)C(=O)Nc1ccccc1. The van der Waals surface area contributed by atoms with Crippen molar-refractivity contribution in [3.8, 4) is 0 Å². The fourth-order valence-corrected chi connectivity index (χ4v) is 2.01. The lowest BCUT2D eigenvalue weighted by molar-refractivity contribution is -0.110. The van der Waals surface area contributed by atoms with E-state index in [1.165, 1.54) is 5.56 Å². The Morgan fingerprint density at radius 2 is 1.71 bits per heavy atom. The van der Waals surface area contributed by atoms with Crippen molar-refractivity contribution in [1.29, 1.82) is 0 Å². The molecule has 0 aromatic heterocycles. The normalized spacial score (nSPS) is 12.0. The van der Waals surface area contributed by atoms with Crippen LogP contribution in [-0.4, -0.2) is 22.5 Å². The molecule has 0 fully saturated rings. The molecule has 2 rings (SSSR count). The van der Waals surface area contributed by atoms with Gasteiger partial charge in [-0.05, 0) is 56.2 Å². The highest BCUT2D eigenvalue weighted by molar-refractivity contribution is 6.68. The fourth-order valence-electron chi connectivity index (χ4n) is 2.01. The van der Waals surface area contributed by atoms with Crippen LogP contribution in [0.2, 0.25) is 0 Å². The van der Waals surface area contributed by atoms with Crippen molar-refractivity contribution in [3.05, 3.63) is 59.7 Å². The molecule has 124 valence electrons. The van der Waals surface area contributed by atoms with Crippen molar-refractivity contribution in [2.24, 2.45) is 10.3 Å². The van der Waals surface area contributed by atoms with E-state index in [1.54, 1.807) is 31.2 Å². The van der Waals surface area contributed by atoms with E-state index < -0.39 is 5.91 Å². The topological polar surface area (TPSA) is 86.1 Å². The maximum Gasteiger partial charge on any atom is 0.279 e. The Hall–Kier alpha value is -3.15. The van der Waals surface area contributed by atoms with E-state index >= 15 is 0 Å². The molecule has 6 heteroatoms. The number of hydrogen-bond acceptors (Lipinski definition) is 5. The third-order valence-corrected chi connectivity index (χ3v) is 3.55. The van der Waals surface area contributed by atoms with E-state index in [0.29, 0.717) is 5.69 Å². The molecule has 2 aromatic rings. The van der Waals surface area contributed by atoms with E-state index in [1.807, 2.05) is 38.1 Å². The van der Waals surface area contributed by atoms with Crippen LogP contribution >= 0.6 is 0 Å². The molecule has 0 aliphatic heterocycles. The van der Waals surface area contributed by atoms with E-state index in [4.69, 9.17) is 5.21 Å². The minimum Gasteiger partial charge on any atom is -0.410 e. The maximum atomic E-state index is 12.2. The van der Waals surface area contributed by atoms with Gasteiger partial charge in [0.1, 0.15) is 0 Å². The Labute approximate surface area is 140 Å². The lowest BCUT2D eigenvalue weighted by Gasteiger charge is -2.08. The first-order valence-electron chi connectivity index (χ1n) is 7.47. The first-order valence-corrected chi connectivity index (χ1v) is 7.47. The highest BCUT2D eigenvalue weighted by Gasteiger charge is 2.16. The number of amides is 1. The molecule has 0 saturated heterocycles. The molecule has 0 aliphatic carbocycles. The van der Waals surface area contributed by atoms with E-state index in [2.05, 4.69) is 21.0 Å². The van der Waals surface area contributed by atoms with Gasteiger partial charge in [0.05, 0.1) is 11.4 Å². The summed E-state index contributed by atoms with van der Waals surface area (Å²) in [4.78, 5) is 12.2. The number of rotatable bonds is 5. The van der Waals surface area contributed by atoms with Crippen molar-refractivity contribution >= 4 is 28.7 Å². The molecule has 24 heavy (non-hydrogen) atoms. The van der Waals surface area contributed by atoms with Crippen LogP contribution in [-0.2, 0) is 4.79 Å². The molecule has 0 saturated carbocycles. The van der Waals surface area contributed by atoms with Crippen LogP contribution in [0.15, 0.2) is 58.8 Å². The lowest BCUT2D eigenvalue weighted by atomic mass is 10.1. The Morgan fingerprint density at radius 1 is 1.00 bits per heavy atom. The van der Waals surface area contributed by atoms with Crippen LogP contribution in [0.5, 0.6) is 0 Å². The Bertz CT molecular complexity index is 783. The summed E-state index contributed by atoms with van der Waals surface area (Å²) in [5.41, 5.74) is 6.68. The average Bonchev–Trinajstić information content (AvgIpc) is 2.57. The molecule has 2 aromatic carbocycles. The van der Waals surface area contributed by atoms with Gasteiger partial charge in [0.25, 0.3) is 5.91 Å². The first kappa shape index (κ1) is 17.2. The summed E-state index contributed by atoms with van der Waals surface area (Å²) in [7, 11) is 0. The molecule has 0 aliphatic rings. The summed E-state index contributed by atoms with van der Waals surface area (Å²) in [6.45, 7) is 5.62. The van der Waals surface area contributed by atoms with Crippen molar-refractivity contribution in [1.82, 2.24) is 0 Å². The van der Waals surface area contributed by atoms with Crippen LogP contribution in [0.1, 0.15) is 18.1 Å². The molecule has 0 radical (unpaired) electrons. The third-order valence-electron chi connectivity index (χ3n) is 3.55. The summed E-state index contributed by atoms with van der Waals surface area (Å²) in [5.74, 6) is -0.535. The largest absolute Gasteiger partial charge is 0.410 e. The van der Waals surface area contributed by atoms with Crippen LogP contribution in [0.4, 0.5) is 11.4 Å². The standard InChI is InChI=1S/C18H20N4O2/c1-12-9-10-16(11-13(12)2)21-20-14(3)17(22-24)18(23)19-15-7-5-4-6-8-15/h4-11,21,24H,1-3H3,(H,19,23)/b20-14+,22-17+. The number of para-hydroxylation sites is 1. The van der Waals surface area contributed by atoms with Crippen LogP contribution in [0.25, 0.3) is 0 Å². The molecule has 0 heterocycles. The number of nitrogens with zero attached hydrogens (tertiary/aromatic N) is 2. The molecule has 1 amide bonds. The third kappa shape index (κ3) is 4.42. The van der Waals surface area contributed by atoms with Gasteiger partial charge < -0.3 is 10.5 Å². The number of hydrogen-bond donors (Lipinski definition) is 3.